The fourth-order valence-corrected chi connectivity index (χ4v) is 1.84. The second-order valence-electron chi connectivity index (χ2n) is 3.11. The van der Waals surface area contributed by atoms with Gasteiger partial charge in [0.1, 0.15) is 0 Å². The van der Waals surface area contributed by atoms with Crippen LogP contribution in [0.5, 0.6) is 0 Å². The van der Waals surface area contributed by atoms with Gasteiger partial charge in [0, 0.05) is 18.6 Å². The average molecular weight is 164 g/mol. The molecule has 10 heavy (non-hydrogen) atoms. The highest BCUT2D eigenvalue weighted by atomic mass is 35.5. The van der Waals surface area contributed by atoms with Gasteiger partial charge in [-0.25, -0.2) is 0 Å². The predicted octanol–water partition coefficient (Wildman–Crippen LogP) is 0.934. The largest absolute Gasteiger partial charge is 0.378 e. The topological polar surface area (TPSA) is 35.2 Å². The van der Waals surface area contributed by atoms with Gasteiger partial charge in [0.05, 0.1) is 6.10 Å². The molecule has 2 rings (SSSR count). The van der Waals surface area contributed by atoms with Crippen LogP contribution in [0.2, 0.25) is 0 Å². The first-order chi connectivity index (χ1) is 4.38. The summed E-state index contributed by atoms with van der Waals surface area (Å²) in [7, 11) is 0. The van der Waals surface area contributed by atoms with Crippen molar-refractivity contribution < 1.29 is 4.74 Å². The van der Waals surface area contributed by atoms with Gasteiger partial charge < -0.3 is 10.5 Å². The van der Waals surface area contributed by atoms with E-state index in [4.69, 9.17) is 10.5 Å². The molecule has 1 heterocycles. The maximum absolute atomic E-state index is 5.75. The van der Waals surface area contributed by atoms with E-state index < -0.39 is 0 Å². The molecule has 1 saturated carbocycles. The van der Waals surface area contributed by atoms with Crippen molar-refractivity contribution in [2.45, 2.75) is 31.4 Å². The molecule has 0 aromatic heterocycles. The zero-order chi connectivity index (χ0) is 6.27. The molecule has 0 amide bonds. The summed E-state index contributed by atoms with van der Waals surface area (Å²) in [6.07, 6.45) is 4.15. The van der Waals surface area contributed by atoms with Crippen LogP contribution in [0.4, 0.5) is 0 Å². The van der Waals surface area contributed by atoms with E-state index in [0.717, 1.165) is 13.0 Å². The molecule has 2 aliphatic rings. The minimum absolute atomic E-state index is 0. The summed E-state index contributed by atoms with van der Waals surface area (Å²) in [5.41, 5.74) is 5.75. The van der Waals surface area contributed by atoms with E-state index in [1.54, 1.807) is 0 Å². The molecule has 3 atom stereocenters. The van der Waals surface area contributed by atoms with E-state index in [2.05, 4.69) is 0 Å². The zero-order valence-electron chi connectivity index (χ0n) is 5.95. The van der Waals surface area contributed by atoms with Gasteiger partial charge in [0.25, 0.3) is 0 Å². The second kappa shape index (κ2) is 3.07. The van der Waals surface area contributed by atoms with Crippen LogP contribution >= 0.6 is 12.4 Å². The van der Waals surface area contributed by atoms with E-state index in [0.29, 0.717) is 18.1 Å². The lowest BCUT2D eigenvalue weighted by Gasteiger charge is -2.45. The van der Waals surface area contributed by atoms with Gasteiger partial charge in [-0.15, -0.1) is 12.4 Å². The summed E-state index contributed by atoms with van der Waals surface area (Å²) in [4.78, 5) is 0. The smallest absolute Gasteiger partial charge is 0.0632 e. The number of halogens is 1. The van der Waals surface area contributed by atoms with Crippen molar-refractivity contribution in [2.75, 3.05) is 6.61 Å². The van der Waals surface area contributed by atoms with Crippen LogP contribution in [-0.2, 0) is 4.74 Å². The highest BCUT2D eigenvalue weighted by molar-refractivity contribution is 5.85. The van der Waals surface area contributed by atoms with E-state index in [-0.39, 0.29) is 12.4 Å². The Hall–Kier alpha value is 0.210. The molecule has 0 aromatic rings. The molecular formula is C7H14ClNO. The van der Waals surface area contributed by atoms with Gasteiger partial charge in [0.2, 0.25) is 0 Å². The van der Waals surface area contributed by atoms with Crippen LogP contribution in [0.25, 0.3) is 0 Å². The SMILES string of the molecule is Cl.NC1C[C@@H]2OCCC[C@H]12. The highest BCUT2D eigenvalue weighted by Crippen LogP contribution is 2.36. The molecule has 0 bridgehead atoms. The van der Waals surface area contributed by atoms with E-state index in [1.165, 1.54) is 12.8 Å². The Morgan fingerprint density at radius 2 is 2.20 bits per heavy atom. The molecule has 0 aromatic carbocycles. The molecule has 0 spiro atoms. The van der Waals surface area contributed by atoms with Gasteiger partial charge >= 0.3 is 0 Å². The molecule has 1 unspecified atom stereocenters. The average Bonchev–Trinajstić information content (AvgIpc) is 1.86. The summed E-state index contributed by atoms with van der Waals surface area (Å²) in [6, 6.07) is 0.454. The van der Waals surface area contributed by atoms with Crippen molar-refractivity contribution in [1.29, 1.82) is 0 Å². The van der Waals surface area contributed by atoms with Gasteiger partial charge in [0.15, 0.2) is 0 Å². The number of rotatable bonds is 0. The van der Waals surface area contributed by atoms with Crippen molar-refractivity contribution in [3.05, 3.63) is 0 Å². The Bertz CT molecular complexity index is 118. The number of ether oxygens (including phenoxy) is 1. The van der Waals surface area contributed by atoms with Crippen LogP contribution in [0.15, 0.2) is 0 Å². The fourth-order valence-electron chi connectivity index (χ4n) is 1.84. The molecule has 2 fully saturated rings. The first kappa shape index (κ1) is 8.31. The van der Waals surface area contributed by atoms with Crippen molar-refractivity contribution in [3.63, 3.8) is 0 Å². The van der Waals surface area contributed by atoms with Gasteiger partial charge in [-0.2, -0.15) is 0 Å². The molecule has 2 nitrogen and oxygen atoms in total. The maximum atomic E-state index is 5.75. The molecule has 1 aliphatic carbocycles. The quantitative estimate of drug-likeness (QED) is 0.577. The maximum Gasteiger partial charge on any atom is 0.0632 e. The minimum Gasteiger partial charge on any atom is -0.378 e. The summed E-state index contributed by atoms with van der Waals surface area (Å²) < 4.78 is 5.47. The molecule has 1 aliphatic heterocycles. The van der Waals surface area contributed by atoms with E-state index in [9.17, 15) is 0 Å². The van der Waals surface area contributed by atoms with Crippen LogP contribution in [0.1, 0.15) is 19.3 Å². The van der Waals surface area contributed by atoms with E-state index >= 15 is 0 Å². The van der Waals surface area contributed by atoms with Crippen molar-refractivity contribution in [1.82, 2.24) is 0 Å². The minimum atomic E-state index is 0. The van der Waals surface area contributed by atoms with Crippen LogP contribution in [0, 0.1) is 5.92 Å². The number of fused-ring (bicyclic) bond motifs is 1. The normalized spacial score (nSPS) is 44.7. The molecule has 2 N–H and O–H groups in total. The Balaban J connectivity index is 0.000000500. The van der Waals surface area contributed by atoms with Crippen LogP contribution < -0.4 is 5.73 Å². The molecular weight excluding hydrogens is 150 g/mol. The Kier molecular flexibility index (Phi) is 2.55. The molecule has 0 radical (unpaired) electrons. The molecule has 1 saturated heterocycles. The first-order valence-corrected chi connectivity index (χ1v) is 3.75. The van der Waals surface area contributed by atoms with Crippen LogP contribution in [-0.4, -0.2) is 18.8 Å². The second-order valence-corrected chi connectivity index (χ2v) is 3.11. The summed E-state index contributed by atoms with van der Waals surface area (Å²) in [6.45, 7) is 0.966. The summed E-state index contributed by atoms with van der Waals surface area (Å²) >= 11 is 0. The Labute approximate surface area is 67.5 Å². The van der Waals surface area contributed by atoms with Crippen LogP contribution in [0.3, 0.4) is 0 Å². The van der Waals surface area contributed by atoms with Gasteiger partial charge in [-0.3, -0.25) is 0 Å². The standard InChI is InChI=1S/C7H13NO.ClH/c8-6-4-7-5(6)2-1-3-9-7;/h5-7H,1-4,8H2;1H/t5-,6?,7+;/m1./s1. The van der Waals surface area contributed by atoms with Crippen molar-refractivity contribution in [3.8, 4) is 0 Å². The highest BCUT2D eigenvalue weighted by Gasteiger charge is 2.40. The van der Waals surface area contributed by atoms with Crippen molar-refractivity contribution >= 4 is 12.4 Å². The van der Waals surface area contributed by atoms with Gasteiger partial charge in [-0.05, 0) is 19.3 Å². The Morgan fingerprint density at radius 1 is 1.40 bits per heavy atom. The lowest BCUT2D eigenvalue weighted by atomic mass is 9.73. The molecule has 3 heteroatoms. The third-order valence-corrected chi connectivity index (χ3v) is 2.55. The Morgan fingerprint density at radius 3 is 2.70 bits per heavy atom. The lowest BCUT2D eigenvalue weighted by Crippen LogP contribution is -2.54. The van der Waals surface area contributed by atoms with Crippen molar-refractivity contribution in [2.24, 2.45) is 11.7 Å². The number of hydrogen-bond acceptors (Lipinski definition) is 2. The third-order valence-electron chi connectivity index (χ3n) is 2.55. The lowest BCUT2D eigenvalue weighted by molar-refractivity contribution is -0.0943. The monoisotopic (exact) mass is 163 g/mol. The van der Waals surface area contributed by atoms with E-state index in [1.807, 2.05) is 0 Å². The fraction of sp³-hybridized carbons (Fsp3) is 1.00. The summed E-state index contributed by atoms with van der Waals surface area (Å²) in [5, 5.41) is 0. The zero-order valence-corrected chi connectivity index (χ0v) is 6.77. The van der Waals surface area contributed by atoms with Gasteiger partial charge in [-0.1, -0.05) is 0 Å². The number of hydrogen-bond donors (Lipinski definition) is 1. The first-order valence-electron chi connectivity index (χ1n) is 3.75. The predicted molar refractivity (Wildman–Crippen MR) is 42.3 cm³/mol. The molecule has 60 valence electrons. The number of nitrogens with two attached hydrogens (primary N) is 1. The summed E-state index contributed by atoms with van der Waals surface area (Å²) in [5.74, 6) is 0.707. The third kappa shape index (κ3) is 1.16.